The van der Waals surface area contributed by atoms with Gasteiger partial charge in [-0.15, -0.1) is 0 Å². The lowest BCUT2D eigenvalue weighted by atomic mass is 9.95. The number of benzene rings is 1. The summed E-state index contributed by atoms with van der Waals surface area (Å²) in [5.41, 5.74) is 7.28. The van der Waals surface area contributed by atoms with Crippen LogP contribution in [0.5, 0.6) is 0 Å². The normalized spacial score (nSPS) is 14.9. The van der Waals surface area contributed by atoms with Gasteiger partial charge in [0.15, 0.2) is 0 Å². The third kappa shape index (κ3) is 4.49. The molecule has 2 heteroatoms. The number of hydrogen-bond donors (Lipinski definition) is 1. The molecule has 0 spiro atoms. The van der Waals surface area contributed by atoms with Gasteiger partial charge in [0.1, 0.15) is 0 Å². The molecule has 0 radical (unpaired) electrons. The van der Waals surface area contributed by atoms with Gasteiger partial charge in [0.25, 0.3) is 0 Å². The van der Waals surface area contributed by atoms with Gasteiger partial charge in [-0.3, -0.25) is 4.90 Å². The van der Waals surface area contributed by atoms with Crippen molar-refractivity contribution in [3.05, 3.63) is 35.9 Å². The summed E-state index contributed by atoms with van der Waals surface area (Å²) in [5, 5.41) is 0. The minimum atomic E-state index is 0.482. The minimum absolute atomic E-state index is 0.482. The molecule has 0 aliphatic carbocycles. The Morgan fingerprint density at radius 1 is 1.24 bits per heavy atom. The summed E-state index contributed by atoms with van der Waals surface area (Å²) >= 11 is 0. The maximum atomic E-state index is 5.92. The number of likely N-dealkylation sites (N-methyl/N-ethyl adjacent to an activating group) is 1. The molecule has 1 aromatic carbocycles. The molecule has 0 saturated heterocycles. The number of nitrogens with two attached hydrogens (primary N) is 1. The van der Waals surface area contributed by atoms with Gasteiger partial charge < -0.3 is 5.73 Å². The molecular weight excluding hydrogens is 208 g/mol. The Morgan fingerprint density at radius 3 is 2.41 bits per heavy atom. The van der Waals surface area contributed by atoms with Crippen molar-refractivity contribution in [1.29, 1.82) is 0 Å². The Labute approximate surface area is 106 Å². The molecule has 0 aliphatic heterocycles. The van der Waals surface area contributed by atoms with Gasteiger partial charge in [-0.25, -0.2) is 0 Å². The highest BCUT2D eigenvalue weighted by atomic mass is 15.1. The van der Waals surface area contributed by atoms with Gasteiger partial charge in [0.2, 0.25) is 0 Å². The van der Waals surface area contributed by atoms with Crippen LogP contribution in [0.4, 0.5) is 0 Å². The minimum Gasteiger partial charge on any atom is -0.329 e. The fourth-order valence-corrected chi connectivity index (χ4v) is 2.48. The van der Waals surface area contributed by atoms with Crippen molar-refractivity contribution in [3.63, 3.8) is 0 Å². The first kappa shape index (κ1) is 14.2. The van der Waals surface area contributed by atoms with Crippen molar-refractivity contribution < 1.29 is 0 Å². The number of hydrogen-bond acceptors (Lipinski definition) is 2. The van der Waals surface area contributed by atoms with Crippen LogP contribution in [-0.4, -0.2) is 24.5 Å². The maximum Gasteiger partial charge on any atom is 0.0244 e. The topological polar surface area (TPSA) is 29.3 Å². The van der Waals surface area contributed by atoms with Gasteiger partial charge in [0, 0.05) is 19.1 Å². The van der Waals surface area contributed by atoms with Crippen LogP contribution >= 0.6 is 0 Å². The van der Waals surface area contributed by atoms with Crippen LogP contribution in [0, 0.1) is 5.92 Å². The molecule has 17 heavy (non-hydrogen) atoms. The first-order chi connectivity index (χ1) is 8.19. The van der Waals surface area contributed by atoms with Gasteiger partial charge in [-0.1, -0.05) is 50.6 Å². The van der Waals surface area contributed by atoms with Crippen molar-refractivity contribution >= 4 is 0 Å². The zero-order valence-corrected chi connectivity index (χ0v) is 11.4. The Hall–Kier alpha value is -0.860. The van der Waals surface area contributed by atoms with Crippen molar-refractivity contribution in [1.82, 2.24) is 4.90 Å². The molecule has 1 rings (SSSR count). The summed E-state index contributed by atoms with van der Waals surface area (Å²) < 4.78 is 0. The van der Waals surface area contributed by atoms with E-state index < -0.39 is 0 Å². The summed E-state index contributed by atoms with van der Waals surface area (Å²) in [6, 6.07) is 11.1. The van der Waals surface area contributed by atoms with E-state index >= 15 is 0 Å². The van der Waals surface area contributed by atoms with Gasteiger partial charge in [-0.2, -0.15) is 0 Å². The average molecular weight is 234 g/mol. The van der Waals surface area contributed by atoms with Crippen molar-refractivity contribution in [2.45, 2.75) is 39.3 Å². The van der Waals surface area contributed by atoms with E-state index in [4.69, 9.17) is 5.73 Å². The highest BCUT2D eigenvalue weighted by molar-refractivity contribution is 5.14. The third-order valence-corrected chi connectivity index (χ3v) is 3.48. The zero-order chi connectivity index (χ0) is 12.7. The molecule has 2 N–H and O–H groups in total. The molecule has 0 bridgehead atoms. The Bertz CT molecular complexity index is 297. The lowest BCUT2D eigenvalue weighted by Crippen LogP contribution is -2.42. The molecule has 2 atom stereocenters. The molecule has 0 aromatic heterocycles. The van der Waals surface area contributed by atoms with Gasteiger partial charge in [-0.05, 0) is 24.9 Å². The fourth-order valence-electron chi connectivity index (χ4n) is 2.48. The molecule has 2 unspecified atom stereocenters. The first-order valence-corrected chi connectivity index (χ1v) is 6.63. The van der Waals surface area contributed by atoms with Crippen LogP contribution in [-0.2, 0) is 6.54 Å². The Morgan fingerprint density at radius 2 is 1.88 bits per heavy atom. The van der Waals surface area contributed by atoms with Crippen LogP contribution in [0.15, 0.2) is 30.3 Å². The molecule has 0 amide bonds. The Kier molecular flexibility index (Phi) is 6.23. The van der Waals surface area contributed by atoms with Crippen LogP contribution in [0.2, 0.25) is 0 Å². The summed E-state index contributed by atoms with van der Waals surface area (Å²) in [4.78, 5) is 2.38. The number of nitrogens with zero attached hydrogens (tertiary/aromatic N) is 1. The highest BCUT2D eigenvalue weighted by Gasteiger charge is 2.19. The van der Waals surface area contributed by atoms with E-state index in [-0.39, 0.29) is 0 Å². The summed E-state index contributed by atoms with van der Waals surface area (Å²) in [6.07, 6.45) is 2.48. The highest BCUT2D eigenvalue weighted by Crippen LogP contribution is 2.16. The zero-order valence-electron chi connectivity index (χ0n) is 11.4. The smallest absolute Gasteiger partial charge is 0.0244 e. The van der Waals surface area contributed by atoms with E-state index in [1.165, 1.54) is 18.4 Å². The summed E-state index contributed by atoms with van der Waals surface area (Å²) in [7, 11) is 2.18. The number of rotatable bonds is 7. The predicted molar refractivity (Wildman–Crippen MR) is 74.8 cm³/mol. The molecule has 1 aromatic rings. The van der Waals surface area contributed by atoms with Crippen LogP contribution < -0.4 is 5.73 Å². The van der Waals surface area contributed by atoms with E-state index in [1.54, 1.807) is 0 Å². The molecule has 0 aliphatic rings. The van der Waals surface area contributed by atoms with Crippen molar-refractivity contribution in [3.8, 4) is 0 Å². The van der Waals surface area contributed by atoms with E-state index in [0.717, 1.165) is 13.1 Å². The van der Waals surface area contributed by atoms with E-state index in [0.29, 0.717) is 12.0 Å². The summed E-state index contributed by atoms with van der Waals surface area (Å²) in [6.45, 7) is 6.27. The van der Waals surface area contributed by atoms with Gasteiger partial charge >= 0.3 is 0 Å². The average Bonchev–Trinajstić information content (AvgIpc) is 2.31. The molecule has 0 heterocycles. The first-order valence-electron chi connectivity index (χ1n) is 6.63. The molecule has 96 valence electrons. The fraction of sp³-hybridized carbons (Fsp3) is 0.600. The molecule has 0 saturated carbocycles. The second-order valence-corrected chi connectivity index (χ2v) is 4.97. The standard InChI is InChI=1S/C15H26N2/c1-4-8-13(2)15(11-16)17(3)12-14-9-6-5-7-10-14/h5-7,9-10,13,15H,4,8,11-12,16H2,1-3H3. The monoisotopic (exact) mass is 234 g/mol. The molecular formula is C15H26N2. The van der Waals surface area contributed by atoms with E-state index in [1.807, 2.05) is 0 Å². The van der Waals surface area contributed by atoms with Gasteiger partial charge in [0.05, 0.1) is 0 Å². The van der Waals surface area contributed by atoms with E-state index in [2.05, 4.69) is 56.1 Å². The lowest BCUT2D eigenvalue weighted by molar-refractivity contribution is 0.174. The van der Waals surface area contributed by atoms with Crippen LogP contribution in [0.25, 0.3) is 0 Å². The largest absolute Gasteiger partial charge is 0.329 e. The van der Waals surface area contributed by atoms with Crippen LogP contribution in [0.3, 0.4) is 0 Å². The summed E-state index contributed by atoms with van der Waals surface area (Å²) in [5.74, 6) is 0.665. The van der Waals surface area contributed by atoms with Crippen molar-refractivity contribution in [2.75, 3.05) is 13.6 Å². The van der Waals surface area contributed by atoms with Crippen molar-refractivity contribution in [2.24, 2.45) is 11.7 Å². The lowest BCUT2D eigenvalue weighted by Gasteiger charge is -2.32. The third-order valence-electron chi connectivity index (χ3n) is 3.48. The molecule has 2 nitrogen and oxygen atoms in total. The predicted octanol–water partition coefficient (Wildman–Crippen LogP) is 2.88. The SMILES string of the molecule is CCCC(C)C(CN)N(C)Cc1ccccc1. The molecule has 0 fully saturated rings. The Balaban J connectivity index is 2.57. The van der Waals surface area contributed by atoms with E-state index in [9.17, 15) is 0 Å². The second kappa shape index (κ2) is 7.46. The quantitative estimate of drug-likeness (QED) is 0.786. The van der Waals surface area contributed by atoms with Crippen LogP contribution in [0.1, 0.15) is 32.3 Å². The second-order valence-electron chi connectivity index (χ2n) is 4.97. The maximum absolute atomic E-state index is 5.92.